The number of carbonyl (C=O) groups is 1. The van der Waals surface area contributed by atoms with E-state index in [1.807, 2.05) is 10.9 Å². The van der Waals surface area contributed by atoms with Crippen LogP contribution in [0, 0.1) is 10.1 Å². The van der Waals surface area contributed by atoms with Crippen LogP contribution in [0.3, 0.4) is 0 Å². The molecular formula is C15H10BrClN4O3. The number of halogens is 2. The van der Waals surface area contributed by atoms with E-state index in [1.54, 1.807) is 24.3 Å². The minimum atomic E-state index is -0.571. The van der Waals surface area contributed by atoms with Crippen molar-refractivity contribution in [3.63, 3.8) is 0 Å². The van der Waals surface area contributed by atoms with Crippen LogP contribution < -0.4 is 4.84 Å². The van der Waals surface area contributed by atoms with E-state index in [0.717, 1.165) is 0 Å². The first-order valence-electron chi connectivity index (χ1n) is 6.55. The Morgan fingerprint density at radius 1 is 1.12 bits per heavy atom. The molecule has 0 saturated heterocycles. The van der Waals surface area contributed by atoms with Crippen molar-refractivity contribution in [3.8, 4) is 0 Å². The molecule has 2 rings (SSSR count). The number of non-ortho nitro benzene ring substituents is 1. The second-order valence-corrected chi connectivity index (χ2v) is 5.41. The van der Waals surface area contributed by atoms with Gasteiger partial charge in [-0.25, -0.2) is 0 Å². The highest BCUT2D eigenvalue weighted by Crippen LogP contribution is 2.27. The number of azo groups is 1. The fraction of sp³-hybridized carbons (Fsp3) is 0. The second kappa shape index (κ2) is 8.32. The summed E-state index contributed by atoms with van der Waals surface area (Å²) in [6, 6.07) is 14.5. The number of nitro benzene ring substituents is 1. The normalized spacial score (nSPS) is 11.9. The fourth-order valence-electron chi connectivity index (χ4n) is 1.72. The molecule has 2 aromatic rings. The largest absolute Gasteiger partial charge is 0.274 e. The highest BCUT2D eigenvalue weighted by Gasteiger charge is 2.14. The van der Waals surface area contributed by atoms with E-state index in [1.165, 1.54) is 24.3 Å². The van der Waals surface area contributed by atoms with E-state index >= 15 is 0 Å². The Bertz CT molecular complexity index is 807. The van der Waals surface area contributed by atoms with Gasteiger partial charge in [-0.05, 0) is 28.1 Å². The van der Waals surface area contributed by atoms with E-state index in [4.69, 9.17) is 11.8 Å². The molecule has 0 bridgehead atoms. The Morgan fingerprint density at radius 3 is 2.29 bits per heavy atom. The van der Waals surface area contributed by atoms with Crippen LogP contribution in [-0.2, 0) is 4.79 Å². The lowest BCUT2D eigenvalue weighted by molar-refractivity contribution is -0.384. The second-order valence-electron chi connectivity index (χ2n) is 4.43. The Labute approximate surface area is 150 Å². The maximum Gasteiger partial charge on any atom is 0.274 e. The summed E-state index contributed by atoms with van der Waals surface area (Å²) in [5.74, 6) is -0.571. The first-order chi connectivity index (χ1) is 11.5. The number of nitrogens with zero attached hydrogens (tertiary/aromatic N) is 3. The van der Waals surface area contributed by atoms with Gasteiger partial charge in [0.1, 0.15) is 10.2 Å². The Hall–Kier alpha value is -2.58. The minimum absolute atomic E-state index is 0.0459. The lowest BCUT2D eigenvalue weighted by Crippen LogP contribution is -2.12. The van der Waals surface area contributed by atoms with Crippen LogP contribution >= 0.6 is 27.7 Å². The van der Waals surface area contributed by atoms with Crippen molar-refractivity contribution in [2.24, 2.45) is 10.2 Å². The summed E-state index contributed by atoms with van der Waals surface area (Å²) >= 11 is 8.49. The van der Waals surface area contributed by atoms with Crippen molar-refractivity contribution < 1.29 is 9.72 Å². The monoisotopic (exact) mass is 408 g/mol. The van der Waals surface area contributed by atoms with Gasteiger partial charge >= 0.3 is 0 Å². The summed E-state index contributed by atoms with van der Waals surface area (Å²) in [7, 11) is 0. The van der Waals surface area contributed by atoms with Crippen LogP contribution in [0.5, 0.6) is 0 Å². The molecule has 0 saturated carbocycles. The van der Waals surface area contributed by atoms with Crippen LogP contribution in [-0.4, -0.2) is 10.8 Å². The standard InChI is InChI=1S/C15H10BrClN4O3/c16-13(15(22)18-17)14(10-4-2-1-3-5-10)20-19-11-6-8-12(9-7-11)21(23)24/h1-9H,(H,18,22)/b14-13+,20-19?. The third-order valence-electron chi connectivity index (χ3n) is 2.87. The number of rotatable bonds is 5. The number of hydrogen-bond donors (Lipinski definition) is 1. The van der Waals surface area contributed by atoms with Gasteiger partial charge < -0.3 is 0 Å². The van der Waals surface area contributed by atoms with Crippen molar-refractivity contribution in [3.05, 3.63) is 74.8 Å². The van der Waals surface area contributed by atoms with E-state index < -0.39 is 10.8 Å². The molecule has 0 aliphatic heterocycles. The van der Waals surface area contributed by atoms with Gasteiger partial charge in [0, 0.05) is 29.5 Å². The SMILES string of the molecule is O=C(NCl)/C(Br)=C(\N=Nc1ccc([N+](=O)[O-])cc1)c1ccccc1. The van der Waals surface area contributed by atoms with E-state index in [9.17, 15) is 14.9 Å². The quantitative estimate of drug-likeness (QED) is 0.254. The van der Waals surface area contributed by atoms with Gasteiger partial charge in [0.25, 0.3) is 11.6 Å². The molecule has 24 heavy (non-hydrogen) atoms. The number of nitro groups is 1. The molecule has 0 aromatic heterocycles. The molecule has 0 atom stereocenters. The van der Waals surface area contributed by atoms with Crippen LogP contribution in [0.15, 0.2) is 69.3 Å². The molecule has 0 aliphatic rings. The first kappa shape index (κ1) is 17.8. The van der Waals surface area contributed by atoms with Crippen LogP contribution in [0.25, 0.3) is 5.70 Å². The predicted molar refractivity (Wildman–Crippen MR) is 93.9 cm³/mol. The zero-order valence-corrected chi connectivity index (χ0v) is 14.4. The van der Waals surface area contributed by atoms with Crippen molar-refractivity contribution >= 4 is 50.7 Å². The molecule has 0 fully saturated rings. The number of nitrogens with one attached hydrogen (secondary N) is 1. The van der Waals surface area contributed by atoms with Gasteiger partial charge in [-0.1, -0.05) is 30.3 Å². The Balaban J connectivity index is 2.38. The zero-order valence-electron chi connectivity index (χ0n) is 12.0. The minimum Gasteiger partial charge on any atom is -0.267 e. The average molecular weight is 410 g/mol. The molecule has 1 N–H and O–H groups in total. The summed E-state index contributed by atoms with van der Waals surface area (Å²) in [6.07, 6.45) is 0. The maximum absolute atomic E-state index is 11.7. The number of benzene rings is 2. The van der Waals surface area contributed by atoms with Gasteiger partial charge in [0.2, 0.25) is 0 Å². The number of hydrogen-bond acceptors (Lipinski definition) is 5. The lowest BCUT2D eigenvalue weighted by atomic mass is 10.1. The lowest BCUT2D eigenvalue weighted by Gasteiger charge is -2.04. The molecule has 0 radical (unpaired) electrons. The number of carbonyl (C=O) groups excluding carboxylic acids is 1. The highest BCUT2D eigenvalue weighted by atomic mass is 79.9. The molecule has 0 aliphatic carbocycles. The van der Waals surface area contributed by atoms with Crippen molar-refractivity contribution in [1.29, 1.82) is 0 Å². The summed E-state index contributed by atoms with van der Waals surface area (Å²) < 4.78 is 0.106. The first-order valence-corrected chi connectivity index (χ1v) is 7.72. The average Bonchev–Trinajstić information content (AvgIpc) is 2.62. The van der Waals surface area contributed by atoms with Crippen LogP contribution in [0.4, 0.5) is 11.4 Å². The van der Waals surface area contributed by atoms with Gasteiger partial charge in [0.05, 0.1) is 10.6 Å². The third kappa shape index (κ3) is 4.46. The van der Waals surface area contributed by atoms with E-state index in [0.29, 0.717) is 11.3 Å². The van der Waals surface area contributed by atoms with E-state index in [-0.39, 0.29) is 15.9 Å². The maximum atomic E-state index is 11.7. The van der Waals surface area contributed by atoms with Crippen LogP contribution in [0.2, 0.25) is 0 Å². The van der Waals surface area contributed by atoms with Gasteiger partial charge in [-0.2, -0.15) is 5.11 Å². The summed E-state index contributed by atoms with van der Waals surface area (Å²) in [4.78, 5) is 23.9. The highest BCUT2D eigenvalue weighted by molar-refractivity contribution is 9.12. The zero-order chi connectivity index (χ0) is 17.5. The molecule has 0 unspecified atom stereocenters. The summed E-state index contributed by atoms with van der Waals surface area (Å²) in [5, 5.41) is 18.7. The summed E-state index contributed by atoms with van der Waals surface area (Å²) in [5.41, 5.74) is 1.28. The van der Waals surface area contributed by atoms with Crippen LogP contribution in [0.1, 0.15) is 5.56 Å². The molecule has 7 nitrogen and oxygen atoms in total. The molecule has 0 spiro atoms. The Morgan fingerprint density at radius 2 is 1.75 bits per heavy atom. The Kier molecular flexibility index (Phi) is 6.16. The van der Waals surface area contributed by atoms with Gasteiger partial charge in [0.15, 0.2) is 0 Å². The van der Waals surface area contributed by atoms with Crippen molar-refractivity contribution in [2.45, 2.75) is 0 Å². The summed E-state index contributed by atoms with van der Waals surface area (Å²) in [6.45, 7) is 0. The van der Waals surface area contributed by atoms with Crippen molar-refractivity contribution in [1.82, 2.24) is 4.84 Å². The molecule has 0 heterocycles. The number of amides is 1. The topological polar surface area (TPSA) is 97.0 Å². The molecule has 1 amide bonds. The van der Waals surface area contributed by atoms with Crippen molar-refractivity contribution in [2.75, 3.05) is 0 Å². The molecule has 2 aromatic carbocycles. The molecular weight excluding hydrogens is 400 g/mol. The van der Waals surface area contributed by atoms with Gasteiger partial charge in [-0.15, -0.1) is 5.11 Å². The smallest absolute Gasteiger partial charge is 0.267 e. The third-order valence-corrected chi connectivity index (χ3v) is 3.77. The molecule has 122 valence electrons. The predicted octanol–water partition coefficient (Wildman–Crippen LogP) is 4.71. The molecule has 9 heteroatoms. The van der Waals surface area contributed by atoms with E-state index in [2.05, 4.69) is 26.2 Å². The fourth-order valence-corrected chi connectivity index (χ4v) is 2.34. The van der Waals surface area contributed by atoms with Gasteiger partial charge in [-0.3, -0.25) is 19.7 Å².